The third kappa shape index (κ3) is 5.00. The third-order valence-corrected chi connectivity index (χ3v) is 5.02. The fourth-order valence-corrected chi connectivity index (χ4v) is 3.73. The average Bonchev–Trinajstić information content (AvgIpc) is 2.90. The number of rotatable bonds is 6. The van der Waals surface area contributed by atoms with Crippen LogP contribution in [0.2, 0.25) is 0 Å². The minimum atomic E-state index is -5.24. The predicted molar refractivity (Wildman–Crippen MR) is 104 cm³/mol. The van der Waals surface area contributed by atoms with E-state index in [1.165, 1.54) is 0 Å². The Morgan fingerprint density at radius 3 is 2.26 bits per heavy atom. The van der Waals surface area contributed by atoms with Crippen LogP contribution in [0.3, 0.4) is 0 Å². The quantitative estimate of drug-likeness (QED) is 0.158. The van der Waals surface area contributed by atoms with Gasteiger partial charge >= 0.3 is 13.5 Å². The van der Waals surface area contributed by atoms with E-state index < -0.39 is 72.8 Å². The molecule has 5 N–H and O–H groups in total. The van der Waals surface area contributed by atoms with E-state index in [1.54, 1.807) is 0 Å². The summed E-state index contributed by atoms with van der Waals surface area (Å²) in [5.74, 6) is -1.89. The van der Waals surface area contributed by atoms with E-state index in [0.29, 0.717) is 4.57 Å². The molecule has 0 saturated carbocycles. The highest BCUT2D eigenvalue weighted by Gasteiger charge is 2.50. The van der Waals surface area contributed by atoms with Crippen molar-refractivity contribution in [3.05, 3.63) is 37.1 Å². The zero-order valence-corrected chi connectivity index (χ0v) is 18.3. The van der Waals surface area contributed by atoms with Crippen LogP contribution in [0.5, 0.6) is 0 Å². The van der Waals surface area contributed by atoms with Crippen molar-refractivity contribution < 1.29 is 48.5 Å². The number of phosphoric ester groups is 1. The molecule has 1 aliphatic heterocycles. The first kappa shape index (κ1) is 25.5. The number of hydrogen-bond donors (Lipinski definition) is 5. The second kappa shape index (κ2) is 9.36. The van der Waals surface area contributed by atoms with E-state index in [-0.39, 0.29) is 4.57 Å². The van der Waals surface area contributed by atoms with Gasteiger partial charge in [0.15, 0.2) is 18.3 Å². The van der Waals surface area contributed by atoms with Crippen LogP contribution in [0, 0.1) is 0 Å². The highest BCUT2D eigenvalue weighted by Crippen LogP contribution is 2.41. The number of aliphatic hydroxyl groups is 3. The van der Waals surface area contributed by atoms with Crippen molar-refractivity contribution in [2.24, 2.45) is 0 Å². The van der Waals surface area contributed by atoms with Crippen LogP contribution in [0.1, 0.15) is 40.9 Å². The Bertz CT molecular complexity index is 1090. The van der Waals surface area contributed by atoms with Gasteiger partial charge in [0, 0.05) is 13.8 Å². The average molecular weight is 529 g/mol. The van der Waals surface area contributed by atoms with E-state index >= 15 is 0 Å². The molecule has 2 rings (SSSR count). The molecule has 1 fully saturated rings. The van der Waals surface area contributed by atoms with E-state index in [0.717, 1.165) is 24.9 Å². The molecule has 0 bridgehead atoms. The predicted octanol–water partition coefficient (Wildman–Crippen LogP) is -1.71. The molecule has 0 spiro atoms. The number of nitrogens with zero attached hydrogens (tertiary/aromatic N) is 2. The van der Waals surface area contributed by atoms with Gasteiger partial charge in [-0.1, -0.05) is 15.9 Å². The van der Waals surface area contributed by atoms with Crippen LogP contribution >= 0.6 is 23.8 Å². The molecule has 1 aliphatic rings. The minimum Gasteiger partial charge on any atom is -0.387 e. The molecule has 0 aliphatic carbocycles. The highest BCUT2D eigenvalue weighted by molar-refractivity contribution is 9.11. The summed E-state index contributed by atoms with van der Waals surface area (Å²) in [6, 6.07) is 0. The van der Waals surface area contributed by atoms with Gasteiger partial charge < -0.3 is 29.8 Å². The van der Waals surface area contributed by atoms with Crippen molar-refractivity contribution in [2.45, 2.75) is 44.7 Å². The molecule has 0 amide bonds. The summed E-state index contributed by atoms with van der Waals surface area (Å²) in [5, 5.41) is 30.3. The number of ketones is 1. The number of carbonyl (C=O) groups excluding carboxylic acids is 2. The van der Waals surface area contributed by atoms with Gasteiger partial charge in [-0.25, -0.2) is 9.36 Å². The van der Waals surface area contributed by atoms with Crippen molar-refractivity contribution >= 4 is 41.5 Å². The Balaban J connectivity index is 2.76. The summed E-state index contributed by atoms with van der Waals surface area (Å²) in [6.45, 7) is 1.87. The van der Waals surface area contributed by atoms with Crippen LogP contribution in [-0.4, -0.2) is 70.5 Å². The largest absolute Gasteiger partial charge is 0.472 e. The van der Waals surface area contributed by atoms with Crippen LogP contribution in [0.25, 0.3) is 6.08 Å². The summed E-state index contributed by atoms with van der Waals surface area (Å²) < 4.78 is 20.7. The lowest BCUT2D eigenvalue weighted by molar-refractivity contribution is -0.162. The van der Waals surface area contributed by atoms with Gasteiger partial charge in [-0.2, -0.15) is 4.57 Å². The molecule has 16 heteroatoms. The molecule has 172 valence electrons. The third-order valence-electron chi connectivity index (χ3n) is 4.26. The molecule has 1 aromatic heterocycles. The van der Waals surface area contributed by atoms with Crippen LogP contribution < -0.4 is 11.2 Å². The van der Waals surface area contributed by atoms with E-state index in [9.17, 15) is 39.1 Å². The summed E-state index contributed by atoms with van der Waals surface area (Å²) in [5.41, 5.74) is -3.55. The fourth-order valence-electron chi connectivity index (χ4n) is 3.06. The van der Waals surface area contributed by atoms with Gasteiger partial charge in [0.2, 0.25) is 5.91 Å². The SMILES string of the molecule is CC(=O)c1c(C=CBr)c(=O)n(C(C)=O)c(=O)n1[C@@H]1O[C@H](C(O)OP(=O)(O)O)[C@@H](O)[C@@H]1O. The molecule has 0 radical (unpaired) electrons. The zero-order valence-electron chi connectivity index (χ0n) is 15.9. The van der Waals surface area contributed by atoms with Crippen molar-refractivity contribution in [1.29, 1.82) is 0 Å². The molecular formula is C15H18BrN2O12P. The normalized spacial score (nSPS) is 25.2. The minimum absolute atomic E-state index is 0.160. The first-order valence-electron chi connectivity index (χ1n) is 8.36. The molecule has 0 aromatic carbocycles. The monoisotopic (exact) mass is 528 g/mol. The van der Waals surface area contributed by atoms with Gasteiger partial charge in [0.05, 0.1) is 5.56 Å². The summed E-state index contributed by atoms with van der Waals surface area (Å²) in [6.07, 6.45) is -9.41. The fraction of sp³-hybridized carbons (Fsp3) is 0.467. The van der Waals surface area contributed by atoms with Gasteiger partial charge in [0.1, 0.15) is 24.0 Å². The molecule has 1 aromatic rings. The number of hydrogen-bond acceptors (Lipinski definition) is 10. The first-order chi connectivity index (χ1) is 14.2. The molecule has 14 nitrogen and oxygen atoms in total. The van der Waals surface area contributed by atoms with Crippen molar-refractivity contribution in [3.8, 4) is 0 Å². The Hall–Kier alpha value is -1.81. The number of ether oxygens (including phenoxy) is 1. The van der Waals surface area contributed by atoms with E-state index in [2.05, 4.69) is 20.5 Å². The van der Waals surface area contributed by atoms with E-state index in [4.69, 9.17) is 14.5 Å². The van der Waals surface area contributed by atoms with Crippen molar-refractivity contribution in [1.82, 2.24) is 9.13 Å². The Labute approximate surface area is 181 Å². The first-order valence-corrected chi connectivity index (χ1v) is 10.8. The second-order valence-electron chi connectivity index (χ2n) is 6.38. The number of halogens is 1. The summed E-state index contributed by atoms with van der Waals surface area (Å²) in [7, 11) is -5.24. The lowest BCUT2D eigenvalue weighted by Gasteiger charge is -2.23. The van der Waals surface area contributed by atoms with Gasteiger partial charge in [-0.05, 0) is 11.1 Å². The number of carbonyl (C=O) groups is 2. The molecule has 2 heterocycles. The Kier molecular flexibility index (Phi) is 7.68. The zero-order chi connectivity index (χ0) is 23.8. The summed E-state index contributed by atoms with van der Waals surface area (Å²) in [4.78, 5) is 68.4. The maximum absolute atomic E-state index is 12.9. The number of phosphoric acid groups is 1. The van der Waals surface area contributed by atoms with Crippen LogP contribution in [0.15, 0.2) is 14.6 Å². The van der Waals surface area contributed by atoms with Crippen LogP contribution in [-0.2, 0) is 13.8 Å². The number of aliphatic hydroxyl groups excluding tert-OH is 3. The van der Waals surface area contributed by atoms with Gasteiger partial charge in [-0.3, -0.25) is 23.5 Å². The number of aromatic nitrogens is 2. The van der Waals surface area contributed by atoms with Gasteiger partial charge in [0.25, 0.3) is 5.56 Å². The van der Waals surface area contributed by atoms with Gasteiger partial charge in [-0.15, -0.1) is 0 Å². The van der Waals surface area contributed by atoms with E-state index in [1.807, 2.05) is 0 Å². The Morgan fingerprint density at radius 1 is 1.23 bits per heavy atom. The number of Topliss-reactive ketones (excluding diaryl/α,β-unsaturated/α-hetero) is 1. The smallest absolute Gasteiger partial charge is 0.387 e. The van der Waals surface area contributed by atoms with Crippen molar-refractivity contribution in [2.75, 3.05) is 0 Å². The van der Waals surface area contributed by atoms with Crippen molar-refractivity contribution in [3.63, 3.8) is 0 Å². The lowest BCUT2D eigenvalue weighted by Crippen LogP contribution is -2.49. The summed E-state index contributed by atoms with van der Waals surface area (Å²) >= 11 is 2.91. The molecular weight excluding hydrogens is 511 g/mol. The molecule has 31 heavy (non-hydrogen) atoms. The standard InChI is InChI=1S/C15H18BrN2O12P/c1-5(19)8-7(3-4-16)12(23)17(6(2)20)15(25)18(8)13-10(22)9(21)11(29-13)14(24)30-31(26,27)28/h3-4,9-11,13-14,21-22,24H,1-2H3,(H2,26,27,28)/t9-,10-,11-,13+,14?/m0/s1. The Morgan fingerprint density at radius 2 is 1.81 bits per heavy atom. The van der Waals surface area contributed by atoms with Crippen LogP contribution in [0.4, 0.5) is 0 Å². The topological polar surface area (TPSA) is 215 Å². The molecule has 1 unspecified atom stereocenters. The molecule has 5 atom stereocenters. The highest BCUT2D eigenvalue weighted by atomic mass is 79.9. The molecule has 1 saturated heterocycles. The maximum Gasteiger partial charge on any atom is 0.472 e. The lowest BCUT2D eigenvalue weighted by atomic mass is 10.1. The second-order valence-corrected chi connectivity index (χ2v) is 8.10. The maximum atomic E-state index is 12.9.